The van der Waals surface area contributed by atoms with Crippen molar-refractivity contribution < 1.29 is 50.9 Å². The molecule has 40 heavy (non-hydrogen) atoms. The fourth-order valence-corrected chi connectivity index (χ4v) is 3.45. The number of ether oxygens (including phenoxy) is 3. The van der Waals surface area contributed by atoms with E-state index in [1.807, 2.05) is 0 Å². The normalized spacial score (nSPS) is 12.6. The molecular weight excluding hydrogens is 543 g/mol. The maximum atomic E-state index is 13.0. The van der Waals surface area contributed by atoms with E-state index >= 15 is 0 Å². The number of carbonyl (C=O) groups is 2. The second-order valence-electron chi connectivity index (χ2n) is 8.91. The summed E-state index contributed by atoms with van der Waals surface area (Å²) in [6.45, 7) is 2.38. The van der Waals surface area contributed by atoms with E-state index in [4.69, 9.17) is 14.2 Å². The van der Waals surface area contributed by atoms with E-state index in [1.54, 1.807) is 31.2 Å². The van der Waals surface area contributed by atoms with Crippen LogP contribution in [0.1, 0.15) is 31.4 Å². The van der Waals surface area contributed by atoms with Gasteiger partial charge in [0, 0.05) is 31.7 Å². The van der Waals surface area contributed by atoms with Crippen molar-refractivity contribution in [1.82, 2.24) is 4.90 Å². The Kier molecular flexibility index (Phi) is 12.6. The van der Waals surface area contributed by atoms with Gasteiger partial charge in [-0.15, -0.1) is 0 Å². The minimum absolute atomic E-state index is 0.000907. The Morgan fingerprint density at radius 3 is 2.27 bits per heavy atom. The number of anilines is 1. The maximum absolute atomic E-state index is 13.0. The lowest BCUT2D eigenvalue weighted by Crippen LogP contribution is -2.40. The molecular formula is C27H33F5N2O6. The zero-order valence-corrected chi connectivity index (χ0v) is 22.2. The number of nitrogens with one attached hydrogen (secondary N) is 1. The first-order valence-electron chi connectivity index (χ1n) is 12.5. The SMILES string of the molecule is CCOC(Cc1ccc(OCCN(CCOCCC(C)(F)F)C(=O)Nc2cccc(C(F)(F)F)c2)cc1)C(=O)O. The molecule has 222 valence electrons. The summed E-state index contributed by atoms with van der Waals surface area (Å²) in [6, 6.07) is 10.0. The summed E-state index contributed by atoms with van der Waals surface area (Å²) in [5, 5.41) is 11.6. The lowest BCUT2D eigenvalue weighted by molar-refractivity contribution is -0.150. The molecule has 8 nitrogen and oxygen atoms in total. The number of amides is 2. The van der Waals surface area contributed by atoms with Crippen molar-refractivity contribution >= 4 is 17.7 Å². The average molecular weight is 577 g/mol. The topological polar surface area (TPSA) is 97.3 Å². The van der Waals surface area contributed by atoms with E-state index in [-0.39, 0.29) is 51.6 Å². The molecule has 1 unspecified atom stereocenters. The smallest absolute Gasteiger partial charge is 0.416 e. The number of hydrogen-bond acceptors (Lipinski definition) is 5. The number of carbonyl (C=O) groups excluding carboxylic acids is 1. The van der Waals surface area contributed by atoms with Crippen LogP contribution in [0.25, 0.3) is 0 Å². The summed E-state index contributed by atoms with van der Waals surface area (Å²) in [6.07, 6.45) is -5.90. The number of benzene rings is 2. The predicted molar refractivity (Wildman–Crippen MR) is 137 cm³/mol. The van der Waals surface area contributed by atoms with E-state index in [0.717, 1.165) is 25.1 Å². The van der Waals surface area contributed by atoms with Crippen molar-refractivity contribution in [3.8, 4) is 5.75 Å². The lowest BCUT2D eigenvalue weighted by atomic mass is 10.1. The third kappa shape index (κ3) is 12.2. The second-order valence-corrected chi connectivity index (χ2v) is 8.91. The number of carboxylic acid groups (broad SMARTS) is 1. The summed E-state index contributed by atoms with van der Waals surface area (Å²) < 4.78 is 81.2. The molecule has 0 radical (unpaired) electrons. The van der Waals surface area contributed by atoms with Gasteiger partial charge in [-0.2, -0.15) is 13.2 Å². The maximum Gasteiger partial charge on any atom is 0.416 e. The summed E-state index contributed by atoms with van der Waals surface area (Å²) >= 11 is 0. The van der Waals surface area contributed by atoms with Gasteiger partial charge in [-0.05, 0) is 49.7 Å². The Hall–Kier alpha value is -3.45. The molecule has 0 bridgehead atoms. The van der Waals surface area contributed by atoms with E-state index in [1.165, 1.54) is 11.0 Å². The molecule has 0 saturated heterocycles. The molecule has 0 saturated carbocycles. The minimum atomic E-state index is -4.59. The second kappa shape index (κ2) is 15.4. The van der Waals surface area contributed by atoms with Gasteiger partial charge in [-0.1, -0.05) is 18.2 Å². The molecule has 2 rings (SSSR count). The van der Waals surface area contributed by atoms with Crippen molar-refractivity contribution in [3.05, 3.63) is 59.7 Å². The number of urea groups is 1. The van der Waals surface area contributed by atoms with Crippen molar-refractivity contribution in [3.63, 3.8) is 0 Å². The molecule has 0 aliphatic rings. The third-order valence-electron chi connectivity index (χ3n) is 5.54. The number of halogens is 5. The highest BCUT2D eigenvalue weighted by atomic mass is 19.4. The van der Waals surface area contributed by atoms with Gasteiger partial charge in [-0.3, -0.25) is 0 Å². The van der Waals surface area contributed by atoms with E-state index in [0.29, 0.717) is 11.3 Å². The Morgan fingerprint density at radius 1 is 1.00 bits per heavy atom. The van der Waals surface area contributed by atoms with Crippen molar-refractivity contribution in [1.29, 1.82) is 0 Å². The van der Waals surface area contributed by atoms with Crippen LogP contribution in [0.3, 0.4) is 0 Å². The van der Waals surface area contributed by atoms with Crippen LogP contribution in [0.4, 0.5) is 32.4 Å². The first-order valence-corrected chi connectivity index (χ1v) is 12.5. The average Bonchev–Trinajstić information content (AvgIpc) is 2.87. The monoisotopic (exact) mass is 576 g/mol. The molecule has 0 aliphatic heterocycles. The standard InChI is InChI=1S/C27H33F5N2O6/c1-3-39-23(24(35)36)17-19-7-9-22(10-8-19)40-16-13-34(12-15-38-14-11-26(2,28)29)25(37)33-21-6-4-5-20(18-21)27(30,31)32/h4-10,18,23H,3,11-17H2,1-2H3,(H,33,37)(H,35,36). The fraction of sp³-hybridized carbons (Fsp3) is 0.481. The Bertz CT molecular complexity index is 1080. The van der Waals surface area contributed by atoms with Gasteiger partial charge in [0.05, 0.1) is 25.3 Å². The van der Waals surface area contributed by atoms with Crippen LogP contribution in [0.15, 0.2) is 48.5 Å². The van der Waals surface area contributed by atoms with Gasteiger partial charge in [0.25, 0.3) is 0 Å². The predicted octanol–water partition coefficient (Wildman–Crippen LogP) is 5.71. The van der Waals surface area contributed by atoms with E-state index < -0.39 is 42.2 Å². The Morgan fingerprint density at radius 2 is 1.68 bits per heavy atom. The molecule has 2 aromatic carbocycles. The van der Waals surface area contributed by atoms with Crippen LogP contribution in [0, 0.1) is 0 Å². The number of hydrogen-bond donors (Lipinski definition) is 2. The van der Waals surface area contributed by atoms with E-state index in [9.17, 15) is 36.6 Å². The lowest BCUT2D eigenvalue weighted by Gasteiger charge is -2.24. The highest BCUT2D eigenvalue weighted by molar-refractivity contribution is 5.89. The molecule has 0 aliphatic carbocycles. The third-order valence-corrected chi connectivity index (χ3v) is 5.54. The number of nitrogens with zero attached hydrogens (tertiary/aromatic N) is 1. The first-order chi connectivity index (χ1) is 18.8. The van der Waals surface area contributed by atoms with Gasteiger partial charge >= 0.3 is 18.2 Å². The minimum Gasteiger partial charge on any atom is -0.492 e. The highest BCUT2D eigenvalue weighted by Gasteiger charge is 2.30. The number of rotatable bonds is 16. The van der Waals surface area contributed by atoms with Crippen LogP contribution in [-0.2, 0) is 26.9 Å². The Balaban J connectivity index is 1.98. The molecule has 0 heterocycles. The molecule has 0 spiro atoms. The molecule has 2 N–H and O–H groups in total. The van der Waals surface area contributed by atoms with E-state index in [2.05, 4.69) is 5.32 Å². The number of alkyl halides is 5. The molecule has 13 heteroatoms. The molecule has 2 aromatic rings. The summed E-state index contributed by atoms with van der Waals surface area (Å²) in [5.74, 6) is -3.54. The summed E-state index contributed by atoms with van der Waals surface area (Å²) in [7, 11) is 0. The number of aliphatic carboxylic acids is 1. The van der Waals surface area contributed by atoms with Gasteiger partial charge in [0.15, 0.2) is 6.10 Å². The molecule has 0 fully saturated rings. The molecule has 1 atom stereocenters. The Labute approximate surface area is 229 Å². The van der Waals surface area contributed by atoms with Gasteiger partial charge in [-0.25, -0.2) is 18.4 Å². The van der Waals surface area contributed by atoms with Crippen LogP contribution < -0.4 is 10.1 Å². The largest absolute Gasteiger partial charge is 0.492 e. The highest BCUT2D eigenvalue weighted by Crippen LogP contribution is 2.30. The zero-order valence-electron chi connectivity index (χ0n) is 22.2. The molecule has 0 aromatic heterocycles. The van der Waals surface area contributed by atoms with Gasteiger partial charge < -0.3 is 29.5 Å². The van der Waals surface area contributed by atoms with Crippen LogP contribution in [0.2, 0.25) is 0 Å². The van der Waals surface area contributed by atoms with Crippen molar-refractivity contribution in [2.75, 3.05) is 44.8 Å². The number of carboxylic acids is 1. The fourth-order valence-electron chi connectivity index (χ4n) is 3.45. The van der Waals surface area contributed by atoms with Crippen molar-refractivity contribution in [2.45, 2.75) is 44.9 Å². The quantitative estimate of drug-likeness (QED) is 0.196. The molecule has 2 amide bonds. The summed E-state index contributed by atoms with van der Waals surface area (Å²) in [5.41, 5.74) is -0.284. The summed E-state index contributed by atoms with van der Waals surface area (Å²) in [4.78, 5) is 25.3. The van der Waals surface area contributed by atoms with Crippen molar-refractivity contribution in [2.24, 2.45) is 0 Å². The van der Waals surface area contributed by atoms with Crippen LogP contribution >= 0.6 is 0 Å². The zero-order chi connectivity index (χ0) is 29.8. The van der Waals surface area contributed by atoms with Gasteiger partial charge in [0.2, 0.25) is 5.92 Å². The van der Waals surface area contributed by atoms with Crippen LogP contribution in [0.5, 0.6) is 5.75 Å². The first kappa shape index (κ1) is 32.8. The van der Waals surface area contributed by atoms with Gasteiger partial charge in [0.1, 0.15) is 12.4 Å². The van der Waals surface area contributed by atoms with Crippen LogP contribution in [-0.4, -0.2) is 73.6 Å².